The van der Waals surface area contributed by atoms with Gasteiger partial charge in [-0.2, -0.15) is 0 Å². The Labute approximate surface area is 138 Å². The Morgan fingerprint density at radius 1 is 1.13 bits per heavy atom. The van der Waals surface area contributed by atoms with Gasteiger partial charge in [0.05, 0.1) is 6.42 Å². The maximum atomic E-state index is 11.9. The first-order valence-corrected chi connectivity index (χ1v) is 7.76. The number of carboxylic acids is 1. The molecule has 1 aromatic rings. The van der Waals surface area contributed by atoms with Gasteiger partial charge in [-0.3, -0.25) is 4.79 Å². The van der Waals surface area contributed by atoms with E-state index >= 15 is 0 Å². The molecule has 1 rings (SSSR count). The van der Waals surface area contributed by atoms with Crippen LogP contribution >= 0.6 is 0 Å². The molecule has 1 aromatic carbocycles. The molecule has 0 radical (unpaired) electrons. The number of hydrogen-bond donors (Lipinski definition) is 2. The number of carbonyl (C=O) groups excluding carboxylic acids is 1. The Morgan fingerprint density at radius 3 is 2.17 bits per heavy atom. The molecule has 5 nitrogen and oxygen atoms in total. The first-order chi connectivity index (χ1) is 10.5. The van der Waals surface area contributed by atoms with Crippen molar-refractivity contribution in [2.24, 2.45) is 0 Å². The van der Waals surface area contributed by atoms with Crippen LogP contribution in [0.2, 0.25) is 0 Å². The average Bonchev–Trinajstić information content (AvgIpc) is 2.35. The lowest BCUT2D eigenvalue weighted by atomic mass is 9.78. The summed E-state index contributed by atoms with van der Waals surface area (Å²) in [6.45, 7) is 9.38. The zero-order valence-electron chi connectivity index (χ0n) is 14.6. The van der Waals surface area contributed by atoms with Crippen LogP contribution in [-0.4, -0.2) is 28.8 Å². The molecule has 0 bridgehead atoms. The fourth-order valence-electron chi connectivity index (χ4n) is 2.48. The first kappa shape index (κ1) is 19.0. The maximum absolute atomic E-state index is 11.9. The van der Waals surface area contributed by atoms with Gasteiger partial charge < -0.3 is 15.2 Å². The summed E-state index contributed by atoms with van der Waals surface area (Å²) in [6.07, 6.45) is -0.231. The highest BCUT2D eigenvalue weighted by atomic mass is 16.6. The molecule has 2 N–H and O–H groups in total. The van der Waals surface area contributed by atoms with Gasteiger partial charge in [-0.25, -0.2) is 4.79 Å². The average molecular weight is 321 g/mol. The Hall–Kier alpha value is -2.04. The van der Waals surface area contributed by atoms with Gasteiger partial charge in [-0.05, 0) is 38.2 Å². The molecule has 0 heterocycles. The topological polar surface area (TPSA) is 75.6 Å². The Balaban J connectivity index is 2.82. The zero-order valence-corrected chi connectivity index (χ0v) is 14.6. The van der Waals surface area contributed by atoms with Crippen LogP contribution < -0.4 is 5.32 Å². The van der Waals surface area contributed by atoms with Crippen LogP contribution in [0.3, 0.4) is 0 Å². The fraction of sp³-hybridized carbons (Fsp3) is 0.556. The summed E-state index contributed by atoms with van der Waals surface area (Å²) in [5, 5.41) is 11.8. The number of carboxylic acid groups (broad SMARTS) is 1. The van der Waals surface area contributed by atoms with E-state index in [9.17, 15) is 9.59 Å². The van der Waals surface area contributed by atoms with Gasteiger partial charge in [0.2, 0.25) is 0 Å². The third kappa shape index (κ3) is 7.17. The molecule has 23 heavy (non-hydrogen) atoms. The lowest BCUT2D eigenvalue weighted by molar-refractivity contribution is -0.137. The molecule has 1 amide bonds. The number of aliphatic carboxylic acids is 1. The van der Waals surface area contributed by atoms with Gasteiger partial charge in [0, 0.05) is 6.04 Å². The summed E-state index contributed by atoms with van der Waals surface area (Å²) < 4.78 is 5.23. The largest absolute Gasteiger partial charge is 0.481 e. The van der Waals surface area contributed by atoms with Crippen LogP contribution in [0.15, 0.2) is 30.3 Å². The van der Waals surface area contributed by atoms with Crippen molar-refractivity contribution in [3.63, 3.8) is 0 Å². The summed E-state index contributed by atoms with van der Waals surface area (Å²) in [5.74, 6) is -0.949. The summed E-state index contributed by atoms with van der Waals surface area (Å²) in [6, 6.07) is 9.34. The molecule has 0 saturated carbocycles. The van der Waals surface area contributed by atoms with Crippen molar-refractivity contribution in [2.75, 3.05) is 0 Å². The third-order valence-corrected chi connectivity index (χ3v) is 3.45. The molecule has 0 saturated heterocycles. The molecular formula is C18H27NO4. The smallest absolute Gasteiger partial charge is 0.407 e. The van der Waals surface area contributed by atoms with Gasteiger partial charge >= 0.3 is 12.1 Å². The van der Waals surface area contributed by atoms with E-state index in [1.165, 1.54) is 0 Å². The second-order valence-electron chi connectivity index (χ2n) is 7.40. The number of nitrogens with one attached hydrogen (secondary N) is 1. The maximum Gasteiger partial charge on any atom is 0.407 e. The quantitative estimate of drug-likeness (QED) is 0.837. The Bertz CT molecular complexity index is 532. The van der Waals surface area contributed by atoms with Crippen molar-refractivity contribution in [3.8, 4) is 0 Å². The molecular weight excluding hydrogens is 294 g/mol. The minimum atomic E-state index is -0.949. The van der Waals surface area contributed by atoms with E-state index < -0.39 is 23.7 Å². The SMILES string of the molecule is CC(C)(C)OC(=O)NC(CC(=O)O)CC(C)(C)c1ccccc1. The van der Waals surface area contributed by atoms with Gasteiger partial charge in [0.15, 0.2) is 0 Å². The molecule has 0 aliphatic heterocycles. The van der Waals surface area contributed by atoms with E-state index in [2.05, 4.69) is 5.32 Å². The summed E-state index contributed by atoms with van der Waals surface area (Å²) in [4.78, 5) is 23.1. The van der Waals surface area contributed by atoms with Gasteiger partial charge in [-0.15, -0.1) is 0 Å². The van der Waals surface area contributed by atoms with Crippen LogP contribution in [0.25, 0.3) is 0 Å². The van der Waals surface area contributed by atoms with Crippen molar-refractivity contribution in [1.82, 2.24) is 5.32 Å². The minimum absolute atomic E-state index is 0.143. The van der Waals surface area contributed by atoms with Crippen molar-refractivity contribution in [3.05, 3.63) is 35.9 Å². The molecule has 0 aliphatic carbocycles. The van der Waals surface area contributed by atoms with Crippen LogP contribution in [0.1, 0.15) is 53.0 Å². The number of hydrogen-bond acceptors (Lipinski definition) is 3. The predicted octanol–water partition coefficient (Wildman–Crippen LogP) is 3.72. The molecule has 1 unspecified atom stereocenters. The molecule has 0 fully saturated rings. The van der Waals surface area contributed by atoms with Gasteiger partial charge in [-0.1, -0.05) is 44.2 Å². The van der Waals surface area contributed by atoms with E-state index in [0.717, 1.165) is 5.56 Å². The van der Waals surface area contributed by atoms with E-state index in [1.54, 1.807) is 20.8 Å². The van der Waals surface area contributed by atoms with Crippen molar-refractivity contribution < 1.29 is 19.4 Å². The molecule has 128 valence electrons. The molecule has 0 aliphatic rings. The van der Waals surface area contributed by atoms with E-state index in [0.29, 0.717) is 6.42 Å². The van der Waals surface area contributed by atoms with Crippen LogP contribution in [0, 0.1) is 0 Å². The van der Waals surface area contributed by atoms with Crippen LogP contribution in [0.5, 0.6) is 0 Å². The van der Waals surface area contributed by atoms with Crippen molar-refractivity contribution >= 4 is 12.1 Å². The highest BCUT2D eigenvalue weighted by molar-refractivity contribution is 5.71. The number of benzene rings is 1. The van der Waals surface area contributed by atoms with E-state index in [1.807, 2.05) is 44.2 Å². The van der Waals surface area contributed by atoms with Crippen LogP contribution in [0.4, 0.5) is 4.79 Å². The lowest BCUT2D eigenvalue weighted by Gasteiger charge is -2.31. The Morgan fingerprint density at radius 2 is 1.70 bits per heavy atom. The second kappa shape index (κ2) is 7.49. The summed E-state index contributed by atoms with van der Waals surface area (Å²) in [7, 11) is 0. The summed E-state index contributed by atoms with van der Waals surface area (Å²) in [5.41, 5.74) is 0.213. The number of alkyl carbamates (subject to hydrolysis) is 1. The highest BCUT2D eigenvalue weighted by Crippen LogP contribution is 2.29. The standard InChI is InChI=1S/C18H27NO4/c1-17(2,3)23-16(22)19-14(11-15(20)21)12-18(4,5)13-9-7-6-8-10-13/h6-10,14H,11-12H2,1-5H3,(H,19,22)(H,20,21). The van der Waals surface area contributed by atoms with Gasteiger partial charge in [0.1, 0.15) is 5.60 Å². The first-order valence-electron chi connectivity index (χ1n) is 7.76. The Kier molecular flexibility index (Phi) is 6.19. The van der Waals surface area contributed by atoms with E-state index in [-0.39, 0.29) is 11.8 Å². The second-order valence-corrected chi connectivity index (χ2v) is 7.40. The molecule has 0 spiro atoms. The van der Waals surface area contributed by atoms with Crippen molar-refractivity contribution in [1.29, 1.82) is 0 Å². The minimum Gasteiger partial charge on any atom is -0.481 e. The van der Waals surface area contributed by atoms with Crippen LogP contribution in [-0.2, 0) is 14.9 Å². The number of ether oxygens (including phenoxy) is 1. The highest BCUT2D eigenvalue weighted by Gasteiger charge is 2.29. The normalized spacial score (nSPS) is 13.3. The van der Waals surface area contributed by atoms with E-state index in [4.69, 9.17) is 9.84 Å². The molecule has 0 aromatic heterocycles. The number of rotatable bonds is 6. The predicted molar refractivity (Wildman–Crippen MR) is 89.5 cm³/mol. The third-order valence-electron chi connectivity index (χ3n) is 3.45. The van der Waals surface area contributed by atoms with Crippen molar-refractivity contribution in [2.45, 2.75) is 64.5 Å². The lowest BCUT2D eigenvalue weighted by Crippen LogP contribution is -2.43. The van der Waals surface area contributed by atoms with Gasteiger partial charge in [0.25, 0.3) is 0 Å². The number of amides is 1. The number of carbonyl (C=O) groups is 2. The monoisotopic (exact) mass is 321 g/mol. The molecule has 1 atom stereocenters. The fourth-order valence-corrected chi connectivity index (χ4v) is 2.48. The summed E-state index contributed by atoms with van der Waals surface area (Å²) >= 11 is 0. The zero-order chi connectivity index (χ0) is 17.7. The molecule has 5 heteroatoms.